The quantitative estimate of drug-likeness (QED) is 0.733. The molecule has 0 bridgehead atoms. The standard InChI is InChI=1S/C10H17FN2O2.ClH/c11-10(2-1-3-12-8-10)9(14)13-4-6-15-7-5-13;/h12H,1-8H2;1H. The lowest BCUT2D eigenvalue weighted by atomic mass is 9.94. The average molecular weight is 253 g/mol. The molecule has 2 aliphatic rings. The van der Waals surface area contributed by atoms with Gasteiger partial charge in [0.2, 0.25) is 5.67 Å². The normalized spacial score (nSPS) is 30.7. The van der Waals surface area contributed by atoms with E-state index in [9.17, 15) is 9.18 Å². The SMILES string of the molecule is Cl.O=C(N1CCOCC1)C1(F)CCCNC1. The first-order valence-corrected chi connectivity index (χ1v) is 5.49. The number of alkyl halides is 1. The molecule has 2 saturated heterocycles. The molecule has 94 valence electrons. The largest absolute Gasteiger partial charge is 0.378 e. The van der Waals surface area contributed by atoms with Gasteiger partial charge in [0.15, 0.2) is 0 Å². The number of hydrogen-bond donors (Lipinski definition) is 1. The van der Waals surface area contributed by atoms with Crippen LogP contribution in [0.5, 0.6) is 0 Å². The molecule has 2 rings (SSSR count). The molecule has 2 fully saturated rings. The number of carbonyl (C=O) groups excluding carboxylic acids is 1. The molecule has 0 aromatic rings. The van der Waals surface area contributed by atoms with Crippen LogP contribution in [0.2, 0.25) is 0 Å². The molecular formula is C10H18ClFN2O2. The number of nitrogens with zero attached hydrogens (tertiary/aromatic N) is 1. The number of ether oxygens (including phenoxy) is 1. The van der Waals surface area contributed by atoms with Gasteiger partial charge in [0.25, 0.3) is 5.91 Å². The molecule has 1 atom stereocenters. The Bertz CT molecular complexity index is 241. The fourth-order valence-electron chi connectivity index (χ4n) is 2.10. The van der Waals surface area contributed by atoms with Crippen LogP contribution < -0.4 is 5.32 Å². The molecule has 0 aromatic carbocycles. The van der Waals surface area contributed by atoms with Gasteiger partial charge in [-0.15, -0.1) is 12.4 Å². The Hall–Kier alpha value is -0.390. The number of nitrogens with one attached hydrogen (secondary N) is 1. The first kappa shape index (κ1) is 13.7. The maximum atomic E-state index is 14.3. The topological polar surface area (TPSA) is 41.6 Å². The van der Waals surface area contributed by atoms with Crippen molar-refractivity contribution in [2.45, 2.75) is 18.5 Å². The Kier molecular flexibility index (Phi) is 4.95. The Balaban J connectivity index is 0.00000128. The maximum Gasteiger partial charge on any atom is 0.261 e. The highest BCUT2D eigenvalue weighted by molar-refractivity contribution is 5.86. The highest BCUT2D eigenvalue weighted by Crippen LogP contribution is 2.24. The van der Waals surface area contributed by atoms with Gasteiger partial charge >= 0.3 is 0 Å². The van der Waals surface area contributed by atoms with Crippen molar-refractivity contribution in [1.82, 2.24) is 10.2 Å². The third-order valence-electron chi connectivity index (χ3n) is 3.01. The van der Waals surface area contributed by atoms with Crippen molar-refractivity contribution in [2.75, 3.05) is 39.4 Å². The molecule has 0 saturated carbocycles. The lowest BCUT2D eigenvalue weighted by Crippen LogP contribution is -2.56. The summed E-state index contributed by atoms with van der Waals surface area (Å²) in [5.41, 5.74) is -1.68. The molecule has 6 heteroatoms. The summed E-state index contributed by atoms with van der Waals surface area (Å²) in [6, 6.07) is 0. The fourth-order valence-corrected chi connectivity index (χ4v) is 2.10. The Morgan fingerprint density at radius 1 is 1.38 bits per heavy atom. The van der Waals surface area contributed by atoms with Crippen molar-refractivity contribution < 1.29 is 13.9 Å². The van der Waals surface area contributed by atoms with E-state index in [-0.39, 0.29) is 24.9 Å². The van der Waals surface area contributed by atoms with E-state index in [0.29, 0.717) is 32.7 Å². The van der Waals surface area contributed by atoms with Crippen LogP contribution in [-0.4, -0.2) is 55.9 Å². The van der Waals surface area contributed by atoms with Gasteiger partial charge in [0.1, 0.15) is 0 Å². The Morgan fingerprint density at radius 3 is 2.62 bits per heavy atom. The van der Waals surface area contributed by atoms with E-state index in [2.05, 4.69) is 5.32 Å². The predicted octanol–water partition coefficient (Wildman–Crippen LogP) is 0.359. The molecule has 1 unspecified atom stereocenters. The second-order valence-corrected chi connectivity index (χ2v) is 4.15. The lowest BCUT2D eigenvalue weighted by molar-refractivity contribution is -0.149. The van der Waals surface area contributed by atoms with Gasteiger partial charge in [-0.1, -0.05) is 0 Å². The van der Waals surface area contributed by atoms with Crippen molar-refractivity contribution in [3.8, 4) is 0 Å². The third-order valence-corrected chi connectivity index (χ3v) is 3.01. The maximum absolute atomic E-state index is 14.3. The minimum atomic E-state index is -1.68. The zero-order valence-electron chi connectivity index (χ0n) is 9.21. The molecule has 2 heterocycles. The molecule has 4 nitrogen and oxygen atoms in total. The van der Waals surface area contributed by atoms with Crippen molar-refractivity contribution in [3.05, 3.63) is 0 Å². The van der Waals surface area contributed by atoms with Crippen molar-refractivity contribution in [2.24, 2.45) is 0 Å². The van der Waals surface area contributed by atoms with Crippen LogP contribution in [-0.2, 0) is 9.53 Å². The second-order valence-electron chi connectivity index (χ2n) is 4.15. The van der Waals surface area contributed by atoms with E-state index in [1.54, 1.807) is 4.90 Å². The molecule has 0 aromatic heterocycles. The number of halogens is 2. The zero-order chi connectivity index (χ0) is 10.7. The van der Waals surface area contributed by atoms with Crippen LogP contribution in [0.25, 0.3) is 0 Å². The smallest absolute Gasteiger partial charge is 0.261 e. The number of morpholine rings is 1. The number of amides is 1. The van der Waals surface area contributed by atoms with Gasteiger partial charge < -0.3 is 15.0 Å². The second kappa shape index (κ2) is 5.80. The summed E-state index contributed by atoms with van der Waals surface area (Å²) >= 11 is 0. The monoisotopic (exact) mass is 252 g/mol. The van der Waals surface area contributed by atoms with Gasteiger partial charge in [0, 0.05) is 19.6 Å². The van der Waals surface area contributed by atoms with E-state index in [1.807, 2.05) is 0 Å². The van der Waals surface area contributed by atoms with Crippen LogP contribution in [0.4, 0.5) is 4.39 Å². The summed E-state index contributed by atoms with van der Waals surface area (Å²) in [5, 5.41) is 2.94. The molecule has 0 radical (unpaired) electrons. The van der Waals surface area contributed by atoms with E-state index in [0.717, 1.165) is 13.0 Å². The fraction of sp³-hybridized carbons (Fsp3) is 0.900. The minimum absolute atomic E-state index is 0. The van der Waals surface area contributed by atoms with E-state index >= 15 is 0 Å². The Labute approximate surface area is 101 Å². The molecule has 0 aliphatic carbocycles. The summed E-state index contributed by atoms with van der Waals surface area (Å²) in [7, 11) is 0. The summed E-state index contributed by atoms with van der Waals surface area (Å²) in [4.78, 5) is 13.5. The third kappa shape index (κ3) is 2.84. The van der Waals surface area contributed by atoms with Gasteiger partial charge in [-0.2, -0.15) is 0 Å². The van der Waals surface area contributed by atoms with Crippen LogP contribution in [0, 0.1) is 0 Å². The van der Waals surface area contributed by atoms with Gasteiger partial charge in [-0.3, -0.25) is 4.79 Å². The lowest BCUT2D eigenvalue weighted by Gasteiger charge is -2.35. The molecular weight excluding hydrogens is 235 g/mol. The molecule has 1 N–H and O–H groups in total. The first-order chi connectivity index (χ1) is 7.22. The van der Waals surface area contributed by atoms with Crippen LogP contribution in [0.3, 0.4) is 0 Å². The first-order valence-electron chi connectivity index (χ1n) is 5.49. The van der Waals surface area contributed by atoms with Gasteiger partial charge in [-0.25, -0.2) is 4.39 Å². The number of carbonyl (C=O) groups is 1. The summed E-state index contributed by atoms with van der Waals surface area (Å²) in [5.74, 6) is -0.363. The van der Waals surface area contributed by atoms with Crippen LogP contribution >= 0.6 is 12.4 Å². The van der Waals surface area contributed by atoms with Crippen molar-refractivity contribution in [1.29, 1.82) is 0 Å². The minimum Gasteiger partial charge on any atom is -0.378 e. The molecule has 1 amide bonds. The molecule has 0 spiro atoms. The zero-order valence-corrected chi connectivity index (χ0v) is 10.0. The van der Waals surface area contributed by atoms with Gasteiger partial charge in [-0.05, 0) is 19.4 Å². The highest BCUT2D eigenvalue weighted by atomic mass is 35.5. The van der Waals surface area contributed by atoms with Gasteiger partial charge in [0.05, 0.1) is 13.2 Å². The summed E-state index contributed by atoms with van der Waals surface area (Å²) < 4.78 is 19.4. The molecule has 2 aliphatic heterocycles. The summed E-state index contributed by atoms with van der Waals surface area (Å²) in [6.45, 7) is 3.05. The predicted molar refractivity (Wildman–Crippen MR) is 60.6 cm³/mol. The van der Waals surface area contributed by atoms with E-state index < -0.39 is 5.67 Å². The average Bonchev–Trinajstić information content (AvgIpc) is 2.30. The Morgan fingerprint density at radius 2 is 2.06 bits per heavy atom. The van der Waals surface area contributed by atoms with E-state index in [1.165, 1.54) is 0 Å². The number of piperidine rings is 1. The highest BCUT2D eigenvalue weighted by Gasteiger charge is 2.42. The van der Waals surface area contributed by atoms with Crippen molar-refractivity contribution >= 4 is 18.3 Å². The van der Waals surface area contributed by atoms with Crippen LogP contribution in [0.15, 0.2) is 0 Å². The molecule has 16 heavy (non-hydrogen) atoms. The van der Waals surface area contributed by atoms with E-state index in [4.69, 9.17) is 4.74 Å². The van der Waals surface area contributed by atoms with Crippen molar-refractivity contribution in [3.63, 3.8) is 0 Å². The summed E-state index contributed by atoms with van der Waals surface area (Å²) in [6.07, 6.45) is 1.07. The van der Waals surface area contributed by atoms with Crippen LogP contribution in [0.1, 0.15) is 12.8 Å². The number of hydrogen-bond acceptors (Lipinski definition) is 3. The number of rotatable bonds is 1.